The molecule has 0 spiro atoms. The average molecular weight is 468 g/mol. The first-order chi connectivity index (χ1) is 15.8. The summed E-state index contributed by atoms with van der Waals surface area (Å²) in [6.45, 7) is 0.603. The molecule has 10 nitrogen and oxygen atoms in total. The van der Waals surface area contributed by atoms with Crippen molar-refractivity contribution in [3.8, 4) is 12.3 Å². The predicted octanol–water partition coefficient (Wildman–Crippen LogP) is 1.67. The van der Waals surface area contributed by atoms with E-state index in [9.17, 15) is 24.3 Å². The zero-order valence-electron chi connectivity index (χ0n) is 17.3. The van der Waals surface area contributed by atoms with E-state index in [-0.39, 0.29) is 29.8 Å². The molecule has 0 radical (unpaired) electrons. The molecule has 0 unspecified atom stereocenters. The van der Waals surface area contributed by atoms with E-state index in [0.29, 0.717) is 22.4 Å². The van der Waals surface area contributed by atoms with Gasteiger partial charge in [0.2, 0.25) is 0 Å². The Hall–Kier alpha value is -4.17. The van der Waals surface area contributed by atoms with Crippen molar-refractivity contribution in [1.29, 1.82) is 0 Å². The highest BCUT2D eigenvalue weighted by Gasteiger charge is 2.23. The number of aromatic amines is 1. The quantitative estimate of drug-likeness (QED) is 0.328. The van der Waals surface area contributed by atoms with Gasteiger partial charge in [-0.15, -0.1) is 17.8 Å². The van der Waals surface area contributed by atoms with Crippen LogP contribution in [-0.2, 0) is 16.1 Å². The number of carbonyl (C=O) groups excluding carboxylic acids is 1. The molecule has 11 heteroatoms. The number of carboxylic acid groups (broad SMARTS) is 2. The van der Waals surface area contributed by atoms with Crippen molar-refractivity contribution in [2.45, 2.75) is 25.4 Å². The van der Waals surface area contributed by atoms with Gasteiger partial charge in [-0.25, -0.2) is 9.78 Å². The molecule has 33 heavy (non-hydrogen) atoms. The molecule has 0 bridgehead atoms. The number of benzene rings is 1. The maximum Gasteiger partial charge on any atom is 0.326 e. The number of H-pyrrole nitrogens is 1. The van der Waals surface area contributed by atoms with Crippen molar-refractivity contribution in [2.75, 3.05) is 11.4 Å². The maximum atomic E-state index is 12.5. The Labute approximate surface area is 191 Å². The summed E-state index contributed by atoms with van der Waals surface area (Å²) in [6.07, 6.45) is 6.24. The van der Waals surface area contributed by atoms with E-state index in [1.807, 2.05) is 11.0 Å². The van der Waals surface area contributed by atoms with E-state index in [1.54, 1.807) is 24.3 Å². The molecule has 3 aromatic rings. The van der Waals surface area contributed by atoms with Crippen LogP contribution < -0.4 is 15.8 Å². The lowest BCUT2D eigenvalue weighted by Crippen LogP contribution is -2.40. The lowest BCUT2D eigenvalue weighted by atomic mass is 10.1. The molecule has 1 atom stereocenters. The van der Waals surface area contributed by atoms with Gasteiger partial charge in [-0.05, 0) is 36.2 Å². The molecular weight excluding hydrogens is 448 g/mol. The van der Waals surface area contributed by atoms with Crippen LogP contribution >= 0.6 is 11.3 Å². The Morgan fingerprint density at radius 2 is 2.03 bits per heavy atom. The molecule has 0 saturated heterocycles. The van der Waals surface area contributed by atoms with Crippen molar-refractivity contribution in [1.82, 2.24) is 15.3 Å². The van der Waals surface area contributed by atoms with Gasteiger partial charge < -0.3 is 25.4 Å². The Kier molecular flexibility index (Phi) is 7.42. The molecule has 1 aromatic carbocycles. The van der Waals surface area contributed by atoms with Crippen LogP contribution in [0.2, 0.25) is 0 Å². The highest BCUT2D eigenvalue weighted by Crippen LogP contribution is 2.28. The van der Waals surface area contributed by atoms with Crippen molar-refractivity contribution < 1.29 is 24.6 Å². The molecular formula is C22H20N4O6S. The van der Waals surface area contributed by atoms with Crippen molar-refractivity contribution in [3.63, 3.8) is 0 Å². The summed E-state index contributed by atoms with van der Waals surface area (Å²) in [5.41, 5.74) is 1.13. The molecule has 0 aliphatic heterocycles. The molecule has 1 amide bonds. The number of nitrogens with zero attached hydrogens (tertiary/aromatic N) is 2. The number of amides is 1. The summed E-state index contributed by atoms with van der Waals surface area (Å²) in [5, 5.41) is 21.5. The van der Waals surface area contributed by atoms with Gasteiger partial charge in [-0.1, -0.05) is 12.0 Å². The fourth-order valence-corrected chi connectivity index (χ4v) is 4.04. The van der Waals surface area contributed by atoms with Crippen LogP contribution in [0.15, 0.2) is 41.5 Å². The number of hydrogen-bond acceptors (Lipinski definition) is 7. The van der Waals surface area contributed by atoms with E-state index < -0.39 is 23.9 Å². The third kappa shape index (κ3) is 5.96. The second-order valence-electron chi connectivity index (χ2n) is 7.08. The van der Waals surface area contributed by atoms with Crippen LogP contribution in [0.25, 0.3) is 10.9 Å². The SMILES string of the molecule is C#CCN(Cc1ccc2nc[nH]c(=O)c2c1)c1ccc(C(=O)N[C@@H](CCC(=O)O)C(=O)O)s1. The number of nitrogens with one attached hydrogen (secondary N) is 2. The highest BCUT2D eigenvalue weighted by molar-refractivity contribution is 7.18. The molecule has 0 fully saturated rings. The summed E-state index contributed by atoms with van der Waals surface area (Å²) in [6, 6.07) is 7.23. The second kappa shape index (κ2) is 10.4. The lowest BCUT2D eigenvalue weighted by molar-refractivity contribution is -0.140. The molecule has 4 N–H and O–H groups in total. The summed E-state index contributed by atoms with van der Waals surface area (Å²) >= 11 is 1.12. The number of anilines is 1. The van der Waals surface area contributed by atoms with E-state index in [4.69, 9.17) is 11.5 Å². The topological polar surface area (TPSA) is 153 Å². The Balaban J connectivity index is 1.77. The standard InChI is InChI=1S/C22H20N4O6S/c1-2-9-26(11-13-3-4-15-14(10-13)20(29)24-12-23-15)18-7-6-17(33-18)21(30)25-16(22(31)32)5-8-19(27)28/h1,3-4,6-7,10,12,16H,5,8-9,11H2,(H,25,30)(H,27,28)(H,31,32)(H,23,24,29)/t16-/m0/s1. The Bertz CT molecular complexity index is 1290. The van der Waals surface area contributed by atoms with Gasteiger partial charge in [-0.3, -0.25) is 14.4 Å². The largest absolute Gasteiger partial charge is 0.481 e. The molecule has 3 rings (SSSR count). The number of carboxylic acids is 2. The zero-order valence-corrected chi connectivity index (χ0v) is 18.1. The van der Waals surface area contributed by atoms with E-state index in [0.717, 1.165) is 16.9 Å². The molecule has 2 aromatic heterocycles. The molecule has 0 aliphatic rings. The van der Waals surface area contributed by atoms with Gasteiger partial charge in [0.15, 0.2) is 0 Å². The van der Waals surface area contributed by atoms with Gasteiger partial charge >= 0.3 is 11.9 Å². The number of thiophene rings is 1. The minimum atomic E-state index is -1.31. The van der Waals surface area contributed by atoms with Crippen LogP contribution in [0.4, 0.5) is 5.00 Å². The second-order valence-corrected chi connectivity index (χ2v) is 8.14. The van der Waals surface area contributed by atoms with Gasteiger partial charge in [0.1, 0.15) is 6.04 Å². The molecule has 0 saturated carbocycles. The maximum absolute atomic E-state index is 12.5. The van der Waals surface area contributed by atoms with Gasteiger partial charge in [0.25, 0.3) is 11.5 Å². The van der Waals surface area contributed by atoms with E-state index >= 15 is 0 Å². The van der Waals surface area contributed by atoms with Crippen LogP contribution in [-0.4, -0.2) is 50.6 Å². The molecule has 170 valence electrons. The van der Waals surface area contributed by atoms with Crippen molar-refractivity contribution in [3.05, 3.63) is 57.5 Å². The minimum absolute atomic E-state index is 0.228. The third-order valence-corrected chi connectivity index (χ3v) is 5.88. The first-order valence-corrected chi connectivity index (χ1v) is 10.6. The first-order valence-electron chi connectivity index (χ1n) is 9.78. The van der Waals surface area contributed by atoms with E-state index in [2.05, 4.69) is 21.2 Å². The van der Waals surface area contributed by atoms with Crippen LogP contribution in [0.5, 0.6) is 0 Å². The zero-order chi connectivity index (χ0) is 24.0. The number of carbonyl (C=O) groups is 3. The first kappa shape index (κ1) is 23.5. The van der Waals surface area contributed by atoms with Gasteiger partial charge in [0, 0.05) is 13.0 Å². The highest BCUT2D eigenvalue weighted by atomic mass is 32.1. The number of aliphatic carboxylic acids is 2. The summed E-state index contributed by atoms with van der Waals surface area (Å²) in [7, 11) is 0. The molecule has 0 aliphatic carbocycles. The summed E-state index contributed by atoms with van der Waals surface area (Å²) in [5.74, 6) is -0.508. The number of aromatic nitrogens is 2. The summed E-state index contributed by atoms with van der Waals surface area (Å²) < 4.78 is 0. The fraction of sp³-hybridized carbons (Fsp3) is 0.227. The van der Waals surface area contributed by atoms with Gasteiger partial charge in [-0.2, -0.15) is 0 Å². The lowest BCUT2D eigenvalue weighted by Gasteiger charge is -2.20. The number of rotatable bonds is 10. The summed E-state index contributed by atoms with van der Waals surface area (Å²) in [4.78, 5) is 55.4. The smallest absolute Gasteiger partial charge is 0.326 e. The number of fused-ring (bicyclic) bond motifs is 1. The van der Waals surface area contributed by atoms with Crippen molar-refractivity contribution >= 4 is 45.1 Å². The number of hydrogen-bond donors (Lipinski definition) is 4. The molecule has 2 heterocycles. The van der Waals surface area contributed by atoms with Crippen LogP contribution in [0.3, 0.4) is 0 Å². The fourth-order valence-electron chi connectivity index (χ4n) is 3.13. The number of terminal acetylenes is 1. The third-order valence-electron chi connectivity index (χ3n) is 4.74. The van der Waals surface area contributed by atoms with Crippen LogP contribution in [0, 0.1) is 12.3 Å². The Morgan fingerprint density at radius 3 is 2.73 bits per heavy atom. The van der Waals surface area contributed by atoms with E-state index in [1.165, 1.54) is 6.33 Å². The van der Waals surface area contributed by atoms with Crippen molar-refractivity contribution in [2.24, 2.45) is 0 Å². The van der Waals surface area contributed by atoms with Crippen LogP contribution in [0.1, 0.15) is 28.1 Å². The predicted molar refractivity (Wildman–Crippen MR) is 122 cm³/mol. The minimum Gasteiger partial charge on any atom is -0.481 e. The normalized spacial score (nSPS) is 11.5. The monoisotopic (exact) mass is 468 g/mol. The Morgan fingerprint density at radius 1 is 1.24 bits per heavy atom. The average Bonchev–Trinajstić information content (AvgIpc) is 3.27. The van der Waals surface area contributed by atoms with Gasteiger partial charge in [0.05, 0.1) is 33.7 Å².